The zero-order chi connectivity index (χ0) is 13.6. The highest BCUT2D eigenvalue weighted by Crippen LogP contribution is 2.18. The molecule has 0 fully saturated rings. The second-order valence-electron chi connectivity index (χ2n) is 5.05. The molecule has 0 saturated carbocycles. The van der Waals surface area contributed by atoms with E-state index in [1.54, 1.807) is 6.92 Å². The maximum Gasteiger partial charge on any atom is 0.325 e. The second kappa shape index (κ2) is 6.97. The van der Waals surface area contributed by atoms with Crippen molar-refractivity contribution in [3.8, 4) is 0 Å². The molecule has 0 aromatic heterocycles. The maximum atomic E-state index is 11.6. The van der Waals surface area contributed by atoms with Crippen molar-refractivity contribution in [3.63, 3.8) is 0 Å². The molecule has 0 heterocycles. The van der Waals surface area contributed by atoms with Crippen LogP contribution >= 0.6 is 0 Å². The van der Waals surface area contributed by atoms with Crippen molar-refractivity contribution in [2.24, 2.45) is 5.73 Å². The fraction of sp³-hybridized carbons (Fsp3) is 0.923. The minimum absolute atomic E-state index is 0.268. The van der Waals surface area contributed by atoms with Gasteiger partial charge in [0.05, 0.1) is 7.11 Å². The van der Waals surface area contributed by atoms with Gasteiger partial charge in [-0.1, -0.05) is 13.8 Å². The smallest absolute Gasteiger partial charge is 0.325 e. The van der Waals surface area contributed by atoms with E-state index < -0.39 is 5.54 Å². The van der Waals surface area contributed by atoms with Crippen LogP contribution in [0.4, 0.5) is 0 Å². The summed E-state index contributed by atoms with van der Waals surface area (Å²) in [6, 6.07) is 0.771. The summed E-state index contributed by atoms with van der Waals surface area (Å²) in [5.41, 5.74) is 5.10. The van der Waals surface area contributed by atoms with Crippen LogP contribution in [-0.4, -0.2) is 42.1 Å². The zero-order valence-corrected chi connectivity index (χ0v) is 12.1. The number of nitrogens with zero attached hydrogens (tertiary/aromatic N) is 1. The highest BCUT2D eigenvalue weighted by atomic mass is 16.5. The van der Waals surface area contributed by atoms with Crippen LogP contribution in [0.15, 0.2) is 0 Å². The van der Waals surface area contributed by atoms with Gasteiger partial charge >= 0.3 is 5.97 Å². The Balaban J connectivity index is 4.60. The third kappa shape index (κ3) is 4.64. The van der Waals surface area contributed by atoms with Crippen LogP contribution in [0, 0.1) is 0 Å². The topological polar surface area (TPSA) is 55.6 Å². The van der Waals surface area contributed by atoms with Gasteiger partial charge in [-0.3, -0.25) is 9.69 Å². The van der Waals surface area contributed by atoms with E-state index in [-0.39, 0.29) is 12.0 Å². The standard InChI is InChI=1S/C13H28N2O2/c1-7-10(3)15(8-2)11(4)9-13(5,14)12(16)17-6/h10-11H,7-9,14H2,1-6H3. The molecule has 0 aliphatic carbocycles. The number of nitrogens with two attached hydrogens (primary N) is 1. The molecular formula is C13H28N2O2. The first-order valence-electron chi connectivity index (χ1n) is 6.43. The molecule has 0 bridgehead atoms. The van der Waals surface area contributed by atoms with Crippen molar-refractivity contribution in [1.29, 1.82) is 0 Å². The van der Waals surface area contributed by atoms with Gasteiger partial charge in [-0.2, -0.15) is 0 Å². The van der Waals surface area contributed by atoms with E-state index in [9.17, 15) is 4.79 Å². The van der Waals surface area contributed by atoms with Gasteiger partial charge in [0.25, 0.3) is 0 Å². The summed E-state index contributed by atoms with van der Waals surface area (Å²) < 4.78 is 4.73. The molecular weight excluding hydrogens is 216 g/mol. The summed E-state index contributed by atoms with van der Waals surface area (Å²) in [7, 11) is 1.38. The molecule has 0 spiro atoms. The third-order valence-corrected chi connectivity index (χ3v) is 3.46. The minimum atomic E-state index is -0.908. The molecule has 2 N–H and O–H groups in total. The van der Waals surface area contributed by atoms with Gasteiger partial charge < -0.3 is 10.5 Å². The molecule has 0 rings (SSSR count). The Bertz CT molecular complexity index is 242. The molecule has 0 radical (unpaired) electrons. The van der Waals surface area contributed by atoms with Crippen LogP contribution in [0.1, 0.15) is 47.5 Å². The summed E-state index contributed by atoms with van der Waals surface area (Å²) >= 11 is 0. The quantitative estimate of drug-likeness (QED) is 0.694. The first-order chi connectivity index (χ1) is 7.80. The van der Waals surface area contributed by atoms with Crippen LogP contribution in [0.3, 0.4) is 0 Å². The highest BCUT2D eigenvalue weighted by Gasteiger charge is 2.33. The lowest BCUT2D eigenvalue weighted by atomic mass is 9.93. The second-order valence-corrected chi connectivity index (χ2v) is 5.05. The number of hydrogen-bond acceptors (Lipinski definition) is 4. The van der Waals surface area contributed by atoms with Crippen LogP contribution in [0.25, 0.3) is 0 Å². The monoisotopic (exact) mass is 244 g/mol. The van der Waals surface area contributed by atoms with Gasteiger partial charge in [-0.05, 0) is 40.2 Å². The van der Waals surface area contributed by atoms with E-state index >= 15 is 0 Å². The number of rotatable bonds is 7. The van der Waals surface area contributed by atoms with Crippen molar-refractivity contribution in [2.45, 2.75) is 65.1 Å². The molecule has 0 aliphatic heterocycles. The van der Waals surface area contributed by atoms with E-state index in [4.69, 9.17) is 10.5 Å². The van der Waals surface area contributed by atoms with Crippen molar-refractivity contribution >= 4 is 5.97 Å². The summed E-state index contributed by atoms with van der Waals surface area (Å²) in [5.74, 6) is -0.343. The Morgan fingerprint density at radius 2 is 1.88 bits per heavy atom. The van der Waals surface area contributed by atoms with Crippen LogP contribution < -0.4 is 5.73 Å². The third-order valence-electron chi connectivity index (χ3n) is 3.46. The Hall–Kier alpha value is -0.610. The molecule has 0 amide bonds. The fourth-order valence-electron chi connectivity index (χ4n) is 2.34. The summed E-state index contributed by atoms with van der Waals surface area (Å²) in [5, 5.41) is 0. The number of esters is 1. The zero-order valence-electron chi connectivity index (χ0n) is 12.1. The van der Waals surface area contributed by atoms with Crippen molar-refractivity contribution in [1.82, 2.24) is 4.90 Å². The summed E-state index contributed by atoms with van der Waals surface area (Å²) in [4.78, 5) is 13.9. The van der Waals surface area contributed by atoms with Gasteiger partial charge in [-0.25, -0.2) is 0 Å². The molecule has 102 valence electrons. The molecule has 4 nitrogen and oxygen atoms in total. The molecule has 3 atom stereocenters. The van der Waals surface area contributed by atoms with Crippen LogP contribution in [0.5, 0.6) is 0 Å². The van der Waals surface area contributed by atoms with Gasteiger partial charge in [0.2, 0.25) is 0 Å². The lowest BCUT2D eigenvalue weighted by molar-refractivity contribution is -0.147. The Labute approximate surface area is 105 Å². The SMILES string of the molecule is CCC(C)N(CC)C(C)CC(C)(N)C(=O)OC. The molecule has 3 unspecified atom stereocenters. The van der Waals surface area contributed by atoms with Gasteiger partial charge in [0.1, 0.15) is 5.54 Å². The van der Waals surface area contributed by atoms with Crippen molar-refractivity contribution < 1.29 is 9.53 Å². The Kier molecular flexibility index (Phi) is 6.72. The summed E-state index contributed by atoms with van der Waals surface area (Å²) in [6.07, 6.45) is 1.70. The first kappa shape index (κ1) is 16.4. The maximum absolute atomic E-state index is 11.6. The molecule has 0 aromatic rings. The van der Waals surface area contributed by atoms with E-state index in [0.717, 1.165) is 13.0 Å². The molecule has 17 heavy (non-hydrogen) atoms. The number of carbonyl (C=O) groups is 1. The van der Waals surface area contributed by atoms with E-state index in [1.165, 1.54) is 7.11 Å². The number of ether oxygens (including phenoxy) is 1. The average Bonchev–Trinajstić information content (AvgIpc) is 2.27. The van der Waals surface area contributed by atoms with Gasteiger partial charge in [-0.15, -0.1) is 0 Å². The van der Waals surface area contributed by atoms with E-state index in [0.29, 0.717) is 12.5 Å². The largest absolute Gasteiger partial charge is 0.468 e. The number of hydrogen-bond donors (Lipinski definition) is 1. The van der Waals surface area contributed by atoms with Crippen molar-refractivity contribution in [3.05, 3.63) is 0 Å². The van der Waals surface area contributed by atoms with E-state index in [1.807, 2.05) is 0 Å². The normalized spacial score (nSPS) is 18.6. The number of carbonyl (C=O) groups excluding carboxylic acids is 1. The summed E-state index contributed by atoms with van der Waals surface area (Å²) in [6.45, 7) is 11.3. The predicted molar refractivity (Wildman–Crippen MR) is 70.8 cm³/mol. The fourth-order valence-corrected chi connectivity index (χ4v) is 2.34. The van der Waals surface area contributed by atoms with Crippen LogP contribution in [-0.2, 0) is 9.53 Å². The first-order valence-corrected chi connectivity index (χ1v) is 6.43. The minimum Gasteiger partial charge on any atom is -0.468 e. The lowest BCUT2D eigenvalue weighted by Gasteiger charge is -2.36. The number of methoxy groups -OCH3 is 1. The molecule has 4 heteroatoms. The lowest BCUT2D eigenvalue weighted by Crippen LogP contribution is -2.52. The molecule has 0 aromatic carbocycles. The van der Waals surface area contributed by atoms with E-state index in [2.05, 4.69) is 32.6 Å². The Morgan fingerprint density at radius 1 is 1.35 bits per heavy atom. The molecule has 0 saturated heterocycles. The Morgan fingerprint density at radius 3 is 2.24 bits per heavy atom. The van der Waals surface area contributed by atoms with Gasteiger partial charge in [0.15, 0.2) is 0 Å². The predicted octanol–water partition coefficient (Wildman–Crippen LogP) is 1.78. The average molecular weight is 244 g/mol. The molecule has 0 aliphatic rings. The highest BCUT2D eigenvalue weighted by molar-refractivity contribution is 5.79. The van der Waals surface area contributed by atoms with Gasteiger partial charge in [0, 0.05) is 12.1 Å². The van der Waals surface area contributed by atoms with Crippen LogP contribution in [0.2, 0.25) is 0 Å². The van der Waals surface area contributed by atoms with Crippen molar-refractivity contribution in [2.75, 3.05) is 13.7 Å².